The van der Waals surface area contributed by atoms with Crippen molar-refractivity contribution in [3.63, 3.8) is 0 Å². The molecule has 98 valence electrons. The maximum atomic E-state index is 11.3. The van der Waals surface area contributed by atoms with Crippen LogP contribution in [0.25, 0.3) is 11.2 Å². The van der Waals surface area contributed by atoms with Crippen LogP contribution in [0.1, 0.15) is 5.82 Å². The first-order valence-corrected chi connectivity index (χ1v) is 8.14. The maximum Gasteiger partial charge on any atom is 0.160 e. The molecule has 2 aromatic rings. The lowest BCUT2D eigenvalue weighted by Gasteiger charge is -2.06. The molecule has 0 fully saturated rings. The molecule has 0 aliphatic rings. The van der Waals surface area contributed by atoms with Crippen molar-refractivity contribution >= 4 is 32.6 Å². The third-order valence-corrected chi connectivity index (χ3v) is 3.70. The summed E-state index contributed by atoms with van der Waals surface area (Å²) in [5.74, 6) is 1.30. The van der Waals surface area contributed by atoms with Gasteiger partial charge in [-0.2, -0.15) is 0 Å². The first-order valence-electron chi connectivity index (χ1n) is 5.55. The number of hydrogen-bond acceptors (Lipinski definition) is 4. The van der Waals surface area contributed by atoms with Gasteiger partial charge in [0, 0.05) is 31.3 Å². The number of aryl methyl sites for hydroxylation is 2. The number of alkyl halides is 1. The van der Waals surface area contributed by atoms with E-state index in [1.54, 1.807) is 12.3 Å². The fraction of sp³-hybridized carbons (Fsp3) is 0.455. The van der Waals surface area contributed by atoms with Gasteiger partial charge in [0.05, 0.1) is 5.75 Å². The third kappa shape index (κ3) is 3.00. The zero-order valence-electron chi connectivity index (χ0n) is 10.0. The molecule has 2 aromatic heterocycles. The second-order valence-corrected chi connectivity index (χ2v) is 6.73. The Morgan fingerprint density at radius 2 is 2.22 bits per heavy atom. The predicted molar refractivity (Wildman–Crippen MR) is 71.7 cm³/mol. The van der Waals surface area contributed by atoms with E-state index < -0.39 is 9.84 Å². The summed E-state index contributed by atoms with van der Waals surface area (Å²) in [6.45, 7) is 0.360. The van der Waals surface area contributed by atoms with Crippen LogP contribution in [0.5, 0.6) is 0 Å². The molecule has 18 heavy (non-hydrogen) atoms. The Morgan fingerprint density at radius 3 is 2.89 bits per heavy atom. The molecule has 0 saturated carbocycles. The zero-order valence-corrected chi connectivity index (χ0v) is 11.6. The SMILES string of the molecule is CS(=O)(=O)CCn1c(CCCl)nc2cccnc21. The summed E-state index contributed by atoms with van der Waals surface area (Å²) >= 11 is 5.73. The summed E-state index contributed by atoms with van der Waals surface area (Å²) in [5, 5.41) is 0. The second-order valence-electron chi connectivity index (χ2n) is 4.09. The standard InChI is InChI=1S/C11H14ClN3O2S/c1-18(16,17)8-7-15-10(4-5-12)14-9-3-2-6-13-11(9)15/h2-3,6H,4-5,7-8H2,1H3. The molecule has 5 nitrogen and oxygen atoms in total. The molecule has 0 radical (unpaired) electrons. The Balaban J connectivity index is 2.41. The van der Waals surface area contributed by atoms with Gasteiger partial charge in [-0.3, -0.25) is 0 Å². The topological polar surface area (TPSA) is 64.8 Å². The molecule has 2 rings (SSSR count). The molecule has 0 bridgehead atoms. The minimum absolute atomic E-state index is 0.0737. The van der Waals surface area contributed by atoms with Crippen LogP contribution < -0.4 is 0 Å². The van der Waals surface area contributed by atoms with Crippen molar-refractivity contribution in [1.29, 1.82) is 0 Å². The lowest BCUT2D eigenvalue weighted by Crippen LogP contribution is -2.14. The van der Waals surface area contributed by atoms with Crippen LogP contribution >= 0.6 is 11.6 Å². The van der Waals surface area contributed by atoms with Gasteiger partial charge in [-0.1, -0.05) is 0 Å². The average Bonchev–Trinajstić information content (AvgIpc) is 2.63. The minimum atomic E-state index is -3.01. The number of hydrogen-bond donors (Lipinski definition) is 0. The van der Waals surface area contributed by atoms with Crippen LogP contribution in [-0.4, -0.2) is 40.8 Å². The Labute approximate surface area is 111 Å². The average molecular weight is 288 g/mol. The van der Waals surface area contributed by atoms with E-state index in [-0.39, 0.29) is 5.75 Å². The lowest BCUT2D eigenvalue weighted by molar-refractivity contribution is 0.593. The minimum Gasteiger partial charge on any atom is -0.312 e. The summed E-state index contributed by atoms with van der Waals surface area (Å²) in [4.78, 5) is 8.67. The number of sulfone groups is 1. The summed E-state index contributed by atoms with van der Waals surface area (Å²) in [5.41, 5.74) is 1.48. The molecular weight excluding hydrogens is 274 g/mol. The van der Waals surface area contributed by atoms with Crippen LogP contribution in [0.3, 0.4) is 0 Å². The highest BCUT2D eigenvalue weighted by Crippen LogP contribution is 2.14. The molecule has 0 saturated heterocycles. The zero-order chi connectivity index (χ0) is 13.2. The second kappa shape index (κ2) is 5.24. The number of rotatable bonds is 5. The highest BCUT2D eigenvalue weighted by atomic mass is 35.5. The molecule has 0 aliphatic heterocycles. The van der Waals surface area contributed by atoms with Gasteiger partial charge in [0.25, 0.3) is 0 Å². The molecule has 2 heterocycles. The fourth-order valence-corrected chi connectivity index (χ4v) is 2.46. The number of halogens is 1. The van der Waals surface area contributed by atoms with Crippen LogP contribution in [0, 0.1) is 0 Å². The van der Waals surface area contributed by atoms with Crippen molar-refractivity contribution in [2.75, 3.05) is 17.9 Å². The summed E-state index contributed by atoms with van der Waals surface area (Å²) in [6, 6.07) is 3.66. The van der Waals surface area contributed by atoms with Gasteiger partial charge >= 0.3 is 0 Å². The lowest BCUT2D eigenvalue weighted by atomic mass is 10.4. The Morgan fingerprint density at radius 1 is 1.44 bits per heavy atom. The van der Waals surface area contributed by atoms with Crippen molar-refractivity contribution < 1.29 is 8.42 Å². The Kier molecular flexibility index (Phi) is 3.87. The number of imidazole rings is 1. The highest BCUT2D eigenvalue weighted by molar-refractivity contribution is 7.90. The first-order chi connectivity index (χ1) is 8.51. The number of pyridine rings is 1. The fourth-order valence-electron chi connectivity index (χ4n) is 1.77. The maximum absolute atomic E-state index is 11.3. The van der Waals surface area contributed by atoms with Crippen molar-refractivity contribution in [3.05, 3.63) is 24.2 Å². The molecule has 0 spiro atoms. The van der Waals surface area contributed by atoms with E-state index in [0.717, 1.165) is 11.3 Å². The number of aromatic nitrogens is 3. The van der Waals surface area contributed by atoms with Crippen molar-refractivity contribution in [1.82, 2.24) is 14.5 Å². The summed E-state index contributed by atoms with van der Waals surface area (Å²) in [7, 11) is -3.01. The van der Waals surface area contributed by atoms with Crippen LogP contribution in [-0.2, 0) is 22.8 Å². The Bertz CT molecular complexity index is 651. The van der Waals surface area contributed by atoms with Gasteiger partial charge in [-0.25, -0.2) is 18.4 Å². The molecule has 0 atom stereocenters. The van der Waals surface area contributed by atoms with Gasteiger partial charge in [0.15, 0.2) is 5.65 Å². The van der Waals surface area contributed by atoms with E-state index in [1.165, 1.54) is 6.26 Å². The quantitative estimate of drug-likeness (QED) is 0.777. The van der Waals surface area contributed by atoms with Crippen molar-refractivity contribution in [2.24, 2.45) is 0 Å². The van der Waals surface area contributed by atoms with Crippen LogP contribution in [0.15, 0.2) is 18.3 Å². The molecular formula is C11H14ClN3O2S. The van der Waals surface area contributed by atoms with E-state index >= 15 is 0 Å². The van der Waals surface area contributed by atoms with Crippen LogP contribution in [0.4, 0.5) is 0 Å². The molecule has 0 aliphatic carbocycles. The monoisotopic (exact) mass is 287 g/mol. The normalized spacial score (nSPS) is 12.1. The van der Waals surface area contributed by atoms with E-state index in [1.807, 2.05) is 10.6 Å². The predicted octanol–water partition coefficient (Wildman–Crippen LogP) is 1.26. The largest absolute Gasteiger partial charge is 0.312 e. The summed E-state index contributed by atoms with van der Waals surface area (Å²) in [6.07, 6.45) is 3.49. The van der Waals surface area contributed by atoms with Gasteiger partial charge in [0.2, 0.25) is 0 Å². The van der Waals surface area contributed by atoms with Crippen LogP contribution in [0.2, 0.25) is 0 Å². The molecule has 7 heteroatoms. The highest BCUT2D eigenvalue weighted by Gasteiger charge is 2.12. The first kappa shape index (κ1) is 13.3. The van der Waals surface area contributed by atoms with E-state index in [9.17, 15) is 8.42 Å². The number of nitrogens with zero attached hydrogens (tertiary/aromatic N) is 3. The van der Waals surface area contributed by atoms with E-state index in [4.69, 9.17) is 11.6 Å². The van der Waals surface area contributed by atoms with Crippen molar-refractivity contribution in [3.8, 4) is 0 Å². The molecule has 0 amide bonds. The molecule has 0 N–H and O–H groups in total. The van der Waals surface area contributed by atoms with Gasteiger partial charge < -0.3 is 4.57 Å². The van der Waals surface area contributed by atoms with Crippen molar-refractivity contribution in [2.45, 2.75) is 13.0 Å². The Hall–Kier alpha value is -1.14. The number of fused-ring (bicyclic) bond motifs is 1. The molecule has 0 unspecified atom stereocenters. The van der Waals surface area contributed by atoms with Gasteiger partial charge in [0.1, 0.15) is 21.2 Å². The van der Waals surface area contributed by atoms with Gasteiger partial charge in [-0.05, 0) is 12.1 Å². The third-order valence-electron chi connectivity index (χ3n) is 2.59. The van der Waals surface area contributed by atoms with E-state index in [0.29, 0.717) is 24.5 Å². The van der Waals surface area contributed by atoms with E-state index in [2.05, 4.69) is 9.97 Å². The molecule has 0 aromatic carbocycles. The smallest absolute Gasteiger partial charge is 0.160 e. The van der Waals surface area contributed by atoms with Gasteiger partial charge in [-0.15, -0.1) is 11.6 Å². The summed E-state index contributed by atoms with van der Waals surface area (Å²) < 4.78 is 24.3.